The van der Waals surface area contributed by atoms with Crippen LogP contribution in [0.25, 0.3) is 0 Å². The summed E-state index contributed by atoms with van der Waals surface area (Å²) in [5, 5.41) is 0.709. The average Bonchev–Trinajstić information content (AvgIpc) is 2.43. The number of rotatable bonds is 5. The molecule has 1 aliphatic heterocycles. The zero-order valence-electron chi connectivity index (χ0n) is 12.0. The Labute approximate surface area is 121 Å². The van der Waals surface area contributed by atoms with Gasteiger partial charge in [0.25, 0.3) is 0 Å². The summed E-state index contributed by atoms with van der Waals surface area (Å²) in [6.07, 6.45) is 0. The molecule has 4 heteroatoms. The molecule has 0 radical (unpaired) electrons. The number of halogens is 1. The van der Waals surface area contributed by atoms with Crippen LogP contribution in [0, 0.1) is 6.92 Å². The van der Waals surface area contributed by atoms with E-state index in [-0.39, 0.29) is 0 Å². The van der Waals surface area contributed by atoms with Crippen LogP contribution in [-0.2, 0) is 0 Å². The highest BCUT2D eigenvalue weighted by Gasteiger charge is 2.21. The van der Waals surface area contributed by atoms with Crippen LogP contribution < -0.4 is 14.5 Å². The van der Waals surface area contributed by atoms with E-state index >= 15 is 0 Å². The highest BCUT2D eigenvalue weighted by molar-refractivity contribution is 6.32. The van der Waals surface area contributed by atoms with Crippen molar-refractivity contribution in [2.45, 2.75) is 13.8 Å². The predicted molar refractivity (Wildman–Crippen MR) is 78.5 cm³/mol. The van der Waals surface area contributed by atoms with Gasteiger partial charge in [0, 0.05) is 0 Å². The molecule has 106 valence electrons. The van der Waals surface area contributed by atoms with Crippen LogP contribution in [0.15, 0.2) is 18.2 Å². The molecule has 2 rings (SSSR count). The quantitative estimate of drug-likeness (QED) is 0.768. The first kappa shape index (κ1) is 14.6. The van der Waals surface area contributed by atoms with Crippen LogP contribution in [0.3, 0.4) is 0 Å². The van der Waals surface area contributed by atoms with Gasteiger partial charge < -0.3 is 14.5 Å². The molecule has 2 N–H and O–H groups in total. The fourth-order valence-corrected chi connectivity index (χ4v) is 2.76. The summed E-state index contributed by atoms with van der Waals surface area (Å²) in [5.41, 5.74) is 1.19. The van der Waals surface area contributed by atoms with Gasteiger partial charge in [-0.1, -0.05) is 17.7 Å². The van der Waals surface area contributed by atoms with Crippen LogP contribution in [0.1, 0.15) is 12.5 Å². The summed E-state index contributed by atoms with van der Waals surface area (Å²) in [4.78, 5) is 3.38. The maximum Gasteiger partial charge on any atom is 0.138 e. The number of likely N-dealkylation sites (N-methyl/N-ethyl adjacent to an activating group) is 1. The minimum Gasteiger partial charge on any atom is -0.486 e. The van der Waals surface area contributed by atoms with E-state index in [9.17, 15) is 0 Å². The van der Waals surface area contributed by atoms with E-state index in [1.165, 1.54) is 38.3 Å². The Bertz CT molecular complexity index is 403. The normalized spacial score (nSPS) is 23.3. The third-order valence-electron chi connectivity index (χ3n) is 3.96. The Morgan fingerprint density at radius 2 is 1.84 bits per heavy atom. The van der Waals surface area contributed by atoms with Crippen molar-refractivity contribution < 1.29 is 14.5 Å². The van der Waals surface area contributed by atoms with Crippen LogP contribution >= 0.6 is 11.6 Å². The van der Waals surface area contributed by atoms with Crippen LogP contribution in [0.5, 0.6) is 5.75 Å². The second-order valence-corrected chi connectivity index (χ2v) is 5.79. The molecule has 0 atom stereocenters. The highest BCUT2D eigenvalue weighted by Crippen LogP contribution is 2.24. The van der Waals surface area contributed by atoms with E-state index in [2.05, 4.69) is 13.8 Å². The molecular weight excluding hydrogens is 260 g/mol. The van der Waals surface area contributed by atoms with Crippen molar-refractivity contribution >= 4 is 11.6 Å². The summed E-state index contributed by atoms with van der Waals surface area (Å²) in [6.45, 7) is 12.5. The molecule has 0 saturated carbocycles. The molecular formula is C15H25ClN2O+2. The monoisotopic (exact) mass is 284 g/mol. The van der Waals surface area contributed by atoms with Gasteiger partial charge >= 0.3 is 0 Å². The van der Waals surface area contributed by atoms with Gasteiger partial charge in [-0.3, -0.25) is 0 Å². The number of benzene rings is 1. The minimum atomic E-state index is 0.709. The van der Waals surface area contributed by atoms with Crippen LogP contribution in [0.4, 0.5) is 0 Å². The first-order valence-electron chi connectivity index (χ1n) is 7.25. The van der Waals surface area contributed by atoms with Gasteiger partial charge in [-0.25, -0.2) is 0 Å². The van der Waals surface area contributed by atoms with Crippen molar-refractivity contribution in [3.8, 4) is 5.75 Å². The van der Waals surface area contributed by atoms with E-state index in [1.54, 1.807) is 9.80 Å². The zero-order valence-corrected chi connectivity index (χ0v) is 12.7. The number of ether oxygens (including phenoxy) is 1. The second kappa shape index (κ2) is 7.13. The number of nitrogens with one attached hydrogen (secondary N) is 2. The SMILES string of the molecule is CC[NH+]1CC[NH+](CCOc2cc(C)ccc2Cl)CC1. The van der Waals surface area contributed by atoms with Gasteiger partial charge in [0.15, 0.2) is 0 Å². The second-order valence-electron chi connectivity index (χ2n) is 5.39. The summed E-state index contributed by atoms with van der Waals surface area (Å²) >= 11 is 6.12. The maximum absolute atomic E-state index is 6.12. The van der Waals surface area contributed by atoms with Gasteiger partial charge in [-0.15, -0.1) is 0 Å². The zero-order chi connectivity index (χ0) is 13.7. The molecule has 19 heavy (non-hydrogen) atoms. The lowest BCUT2D eigenvalue weighted by atomic mass is 10.2. The fraction of sp³-hybridized carbons (Fsp3) is 0.600. The van der Waals surface area contributed by atoms with Crippen molar-refractivity contribution in [3.63, 3.8) is 0 Å². The molecule has 0 unspecified atom stereocenters. The molecule has 3 nitrogen and oxygen atoms in total. The number of aryl methyl sites for hydroxylation is 1. The topological polar surface area (TPSA) is 18.1 Å². The smallest absolute Gasteiger partial charge is 0.138 e. The molecule has 0 aliphatic carbocycles. The fourth-order valence-electron chi connectivity index (χ4n) is 2.59. The molecule has 0 bridgehead atoms. The maximum atomic E-state index is 6.12. The Kier molecular flexibility index (Phi) is 5.49. The molecule has 0 spiro atoms. The average molecular weight is 285 g/mol. The van der Waals surface area contributed by atoms with Gasteiger partial charge in [-0.05, 0) is 31.5 Å². The van der Waals surface area contributed by atoms with E-state index in [1.807, 2.05) is 18.2 Å². The number of hydrogen-bond donors (Lipinski definition) is 2. The Hall–Kier alpha value is -0.770. The predicted octanol–water partition coefficient (Wildman–Crippen LogP) is -0.169. The van der Waals surface area contributed by atoms with Crippen molar-refractivity contribution in [2.24, 2.45) is 0 Å². The molecule has 1 aromatic rings. The Morgan fingerprint density at radius 1 is 1.16 bits per heavy atom. The van der Waals surface area contributed by atoms with E-state index < -0.39 is 0 Å². The van der Waals surface area contributed by atoms with Crippen LogP contribution in [-0.4, -0.2) is 45.9 Å². The molecule has 1 fully saturated rings. The molecule has 1 aliphatic rings. The van der Waals surface area contributed by atoms with Gasteiger partial charge in [-0.2, -0.15) is 0 Å². The van der Waals surface area contributed by atoms with Crippen molar-refractivity contribution in [1.82, 2.24) is 0 Å². The van der Waals surface area contributed by atoms with E-state index in [4.69, 9.17) is 16.3 Å². The number of hydrogen-bond acceptors (Lipinski definition) is 1. The van der Waals surface area contributed by atoms with Crippen molar-refractivity contribution in [2.75, 3.05) is 45.9 Å². The lowest BCUT2D eigenvalue weighted by molar-refractivity contribution is -1.01. The third kappa shape index (κ3) is 4.37. The summed E-state index contributed by atoms with van der Waals surface area (Å²) in [7, 11) is 0. The molecule has 1 saturated heterocycles. The first-order chi connectivity index (χ1) is 9.19. The number of quaternary nitrogens is 2. The third-order valence-corrected chi connectivity index (χ3v) is 4.28. The Morgan fingerprint density at radius 3 is 2.53 bits per heavy atom. The summed E-state index contributed by atoms with van der Waals surface area (Å²) in [5.74, 6) is 0.818. The van der Waals surface area contributed by atoms with Crippen LogP contribution in [0.2, 0.25) is 5.02 Å². The number of piperazine rings is 1. The van der Waals surface area contributed by atoms with E-state index in [0.29, 0.717) is 5.02 Å². The lowest BCUT2D eigenvalue weighted by Crippen LogP contribution is -3.28. The van der Waals surface area contributed by atoms with Gasteiger partial charge in [0.1, 0.15) is 45.1 Å². The van der Waals surface area contributed by atoms with Gasteiger partial charge in [0.2, 0.25) is 0 Å². The van der Waals surface area contributed by atoms with E-state index in [0.717, 1.165) is 18.9 Å². The first-order valence-corrected chi connectivity index (χ1v) is 7.63. The molecule has 0 aromatic heterocycles. The molecule has 1 heterocycles. The minimum absolute atomic E-state index is 0.709. The standard InChI is InChI=1S/C15H23ClN2O/c1-3-17-6-8-18(9-7-17)10-11-19-15-12-13(2)4-5-14(15)16/h4-5,12H,3,6-11H2,1-2H3/p+2. The van der Waals surface area contributed by atoms with Crippen molar-refractivity contribution in [1.29, 1.82) is 0 Å². The Balaban J connectivity index is 1.73. The van der Waals surface area contributed by atoms with Gasteiger partial charge in [0.05, 0.1) is 11.6 Å². The molecule has 0 amide bonds. The summed E-state index contributed by atoms with van der Waals surface area (Å²) in [6, 6.07) is 5.92. The highest BCUT2D eigenvalue weighted by atomic mass is 35.5. The largest absolute Gasteiger partial charge is 0.486 e. The van der Waals surface area contributed by atoms with Crippen molar-refractivity contribution in [3.05, 3.63) is 28.8 Å². The lowest BCUT2D eigenvalue weighted by Gasteiger charge is -2.28. The molecule has 1 aromatic carbocycles. The summed E-state index contributed by atoms with van der Waals surface area (Å²) < 4.78 is 5.81.